The molecule has 18 nitrogen and oxygen atoms in total. The number of para-hydroxylation sites is 2. The number of nitrogens with one attached hydrogen (secondary N) is 2. The molecule has 0 amide bonds. The molecule has 308 valence electrons. The van der Waals surface area contributed by atoms with E-state index in [1.807, 2.05) is 46.2 Å². The number of ether oxygens (including phenoxy) is 2. The van der Waals surface area contributed by atoms with Gasteiger partial charge in [0.1, 0.15) is 20.2 Å². The van der Waals surface area contributed by atoms with E-state index in [1.54, 1.807) is 24.3 Å². The maximum Gasteiger partial charge on any atom is 0.232 e. The molecule has 8 rings (SSSR count). The van der Waals surface area contributed by atoms with Crippen LogP contribution in [0.1, 0.15) is 11.1 Å². The zero-order valence-corrected chi connectivity index (χ0v) is 33.3. The second kappa shape index (κ2) is 17.4. The molecule has 0 radical (unpaired) electrons. The highest BCUT2D eigenvalue weighted by Gasteiger charge is 2.19. The highest BCUT2D eigenvalue weighted by atomic mass is 32.2. The van der Waals surface area contributed by atoms with Crippen molar-refractivity contribution in [1.29, 1.82) is 0 Å². The topological polar surface area (TPSA) is 247 Å². The van der Waals surface area contributed by atoms with Crippen molar-refractivity contribution in [2.45, 2.75) is 9.79 Å². The number of nitrogens with zero attached hydrogens (tertiary/aromatic N) is 8. The molecule has 2 fully saturated rings. The molecule has 60 heavy (non-hydrogen) atoms. The van der Waals surface area contributed by atoms with Crippen molar-refractivity contribution in [1.82, 2.24) is 29.9 Å². The Kier molecular flexibility index (Phi) is 11.7. The van der Waals surface area contributed by atoms with Crippen molar-refractivity contribution >= 4 is 55.7 Å². The van der Waals surface area contributed by atoms with Crippen LogP contribution in [0.15, 0.2) is 117 Å². The van der Waals surface area contributed by atoms with Crippen LogP contribution in [0, 0.1) is 0 Å². The van der Waals surface area contributed by atoms with E-state index in [1.165, 1.54) is 36.4 Å². The Labute approximate surface area is 344 Å². The zero-order valence-electron chi connectivity index (χ0n) is 31.7. The van der Waals surface area contributed by atoms with Crippen LogP contribution in [0.4, 0.5) is 23.3 Å². The minimum atomic E-state index is -5.11. The summed E-state index contributed by atoms with van der Waals surface area (Å²) < 4.78 is 87.3. The lowest BCUT2D eigenvalue weighted by atomic mass is 10.1. The molecule has 0 spiro atoms. The third-order valence-corrected chi connectivity index (χ3v) is 11.2. The average molecular weight is 849 g/mol. The van der Waals surface area contributed by atoms with Crippen LogP contribution in [0.5, 0.6) is 0 Å². The zero-order chi connectivity index (χ0) is 41.7. The summed E-state index contributed by atoms with van der Waals surface area (Å²) in [7, 11) is -10.2. The summed E-state index contributed by atoms with van der Waals surface area (Å²) in [4.78, 5) is 36.4. The third kappa shape index (κ3) is 9.71. The number of aromatic amines is 2. The van der Waals surface area contributed by atoms with E-state index in [-0.39, 0.29) is 45.1 Å². The van der Waals surface area contributed by atoms with Crippen LogP contribution in [-0.4, -0.2) is 108 Å². The molecule has 0 saturated carbocycles. The quantitative estimate of drug-likeness (QED) is 0.148. The second-order valence-electron chi connectivity index (χ2n) is 13.5. The highest BCUT2D eigenvalue weighted by molar-refractivity contribution is 7.86. The number of morpholine rings is 2. The molecule has 4 heterocycles. The van der Waals surface area contributed by atoms with Gasteiger partial charge in [-0.05, 0) is 47.5 Å². The normalized spacial score (nSPS) is 15.8. The third-order valence-electron chi connectivity index (χ3n) is 9.42. The number of hydrogen-bond donors (Lipinski definition) is 2. The van der Waals surface area contributed by atoms with Gasteiger partial charge in [0.2, 0.25) is 23.1 Å². The Morgan fingerprint density at radius 2 is 0.933 bits per heavy atom. The van der Waals surface area contributed by atoms with E-state index < -0.39 is 30.0 Å². The van der Waals surface area contributed by atoms with E-state index in [0.717, 1.165) is 12.1 Å². The highest BCUT2D eigenvalue weighted by Crippen LogP contribution is 2.29. The Morgan fingerprint density at radius 3 is 1.30 bits per heavy atom. The fourth-order valence-electron chi connectivity index (χ4n) is 6.46. The predicted octanol–water partition coefficient (Wildman–Crippen LogP) is 3.37. The molecule has 20 heteroatoms. The summed E-state index contributed by atoms with van der Waals surface area (Å²) in [5.41, 5.74) is 1.87. The molecule has 0 aliphatic carbocycles. The van der Waals surface area contributed by atoms with Gasteiger partial charge in [-0.3, -0.25) is 9.97 Å². The lowest BCUT2D eigenvalue weighted by molar-refractivity contribution is 0.122. The largest absolute Gasteiger partial charge is 0.744 e. The van der Waals surface area contributed by atoms with E-state index >= 15 is 0 Å². The first-order valence-electron chi connectivity index (χ1n) is 18.7. The smallest absolute Gasteiger partial charge is 0.232 e. The van der Waals surface area contributed by atoms with Crippen molar-refractivity contribution < 1.29 is 35.4 Å². The summed E-state index contributed by atoms with van der Waals surface area (Å²) in [6.45, 7) is 3.99. The number of rotatable bonds is 10. The van der Waals surface area contributed by atoms with Gasteiger partial charge in [-0.15, -0.1) is 0 Å². The molecule has 2 aliphatic heterocycles. The first-order chi connectivity index (χ1) is 29.0. The van der Waals surface area contributed by atoms with Gasteiger partial charge < -0.3 is 28.4 Å². The van der Waals surface area contributed by atoms with E-state index in [0.29, 0.717) is 75.9 Å². The molecule has 6 aromatic rings. The lowest BCUT2D eigenvalue weighted by Crippen LogP contribution is -2.38. The lowest BCUT2D eigenvalue weighted by Gasteiger charge is -2.27. The van der Waals surface area contributed by atoms with Gasteiger partial charge in [-0.2, -0.15) is 19.9 Å². The minimum absolute atomic E-state index is 0.0681. The Bertz CT molecular complexity index is 2720. The van der Waals surface area contributed by atoms with Gasteiger partial charge in [0.25, 0.3) is 0 Å². The van der Waals surface area contributed by atoms with Gasteiger partial charge in [0, 0.05) is 37.3 Å². The summed E-state index contributed by atoms with van der Waals surface area (Å²) in [6.07, 6.45) is 2.49. The second-order valence-corrected chi connectivity index (χ2v) is 16.2. The monoisotopic (exact) mass is 848 g/mol. The number of aromatic nitrogens is 6. The van der Waals surface area contributed by atoms with Crippen LogP contribution in [-0.2, 0) is 29.7 Å². The molecule has 0 unspecified atom stereocenters. The standard InChI is InChI=1S/C40H38N10O8S2/c51-59(52,53)33-25-29(35-43-37(41-31-7-3-1-4-8-31)47-39(45-35)49-17-21-57-22-18-49)15-13-27(33)11-12-28-14-16-30(26-34(28)60(54,55)56)36-44-38(42-32-9-5-2-6-10-32)48-40(46-36)50-19-23-58-24-20-50/h1-16,25-26H,17-24H2,(H,51,52,53)(H,54,55,56)(H,41,43,45,47)(H,42,44,46,48)/p-2/b12-11+. The first kappa shape index (κ1) is 40.4. The summed E-state index contributed by atoms with van der Waals surface area (Å²) in [5.74, 6) is 1.03. The number of H-pyrrole nitrogens is 2. The number of hydrogen-bond acceptors (Lipinski definition) is 16. The number of benzene rings is 4. The molecule has 0 atom stereocenters. The van der Waals surface area contributed by atoms with Gasteiger partial charge in [-0.25, -0.2) is 26.8 Å². The van der Waals surface area contributed by atoms with Crippen LogP contribution in [0.2, 0.25) is 0 Å². The van der Waals surface area contributed by atoms with Crippen molar-refractivity contribution in [3.05, 3.63) is 119 Å². The maximum atomic E-state index is 12.7. The Balaban J connectivity index is 1.17. The van der Waals surface area contributed by atoms with Crippen molar-refractivity contribution in [2.75, 3.05) is 62.4 Å². The number of anilines is 2. The molecule has 2 saturated heterocycles. The average Bonchev–Trinajstić information content (AvgIpc) is 3.26. The maximum absolute atomic E-state index is 12.7. The Morgan fingerprint density at radius 1 is 0.550 bits per heavy atom. The van der Waals surface area contributed by atoms with Gasteiger partial charge in [-0.1, -0.05) is 72.8 Å². The van der Waals surface area contributed by atoms with Crippen LogP contribution >= 0.6 is 0 Å². The molecule has 2 N–H and O–H groups in total. The SMILES string of the molecule is O=S(=O)([O-])c1cc(-c2nc(N3CCOCC3)[nH]c(=Nc3ccccc3)n2)ccc1/C=C/c1ccc(-c2nc(N3CCOCC3)[nH]c(=Nc3ccccc3)n2)cc1S(=O)(=O)[O-]. The molecule has 0 bridgehead atoms. The minimum Gasteiger partial charge on any atom is -0.744 e. The molecular weight excluding hydrogens is 813 g/mol. The van der Waals surface area contributed by atoms with Gasteiger partial charge in [0.05, 0.1) is 47.6 Å². The van der Waals surface area contributed by atoms with Crippen molar-refractivity contribution in [2.24, 2.45) is 9.98 Å². The van der Waals surface area contributed by atoms with Crippen molar-refractivity contribution in [3.8, 4) is 22.8 Å². The molecular formula is C40H36N10O8S2-2. The molecule has 2 aliphatic rings. The Hall–Kier alpha value is -6.42. The first-order valence-corrected chi connectivity index (χ1v) is 21.5. The van der Waals surface area contributed by atoms with E-state index in [2.05, 4.69) is 39.9 Å². The molecule has 4 aromatic carbocycles. The van der Waals surface area contributed by atoms with E-state index in [4.69, 9.17) is 9.47 Å². The fourth-order valence-corrected chi connectivity index (χ4v) is 7.85. The van der Waals surface area contributed by atoms with Gasteiger partial charge in [0.15, 0.2) is 11.6 Å². The fraction of sp³-hybridized carbons (Fsp3) is 0.200. The van der Waals surface area contributed by atoms with Gasteiger partial charge >= 0.3 is 0 Å². The van der Waals surface area contributed by atoms with Crippen LogP contribution in [0.25, 0.3) is 34.9 Å². The summed E-state index contributed by atoms with van der Waals surface area (Å²) >= 11 is 0. The summed E-state index contributed by atoms with van der Waals surface area (Å²) in [6, 6.07) is 26.3. The summed E-state index contributed by atoms with van der Waals surface area (Å²) in [5, 5.41) is 0. The van der Waals surface area contributed by atoms with E-state index in [9.17, 15) is 25.9 Å². The molecule has 2 aromatic heterocycles. The van der Waals surface area contributed by atoms with Crippen molar-refractivity contribution in [3.63, 3.8) is 0 Å². The predicted molar refractivity (Wildman–Crippen MR) is 218 cm³/mol. The van der Waals surface area contributed by atoms with Crippen LogP contribution in [0.3, 0.4) is 0 Å². The van der Waals surface area contributed by atoms with Crippen LogP contribution < -0.4 is 21.0 Å².